The van der Waals surface area contributed by atoms with Crippen LogP contribution in [0.5, 0.6) is 0 Å². The molecule has 0 saturated carbocycles. The standard InChI is InChI=1S/C17H23BrN2O/c1-12-11-14(18)4-5-15(12)17(21)20-9-6-13(7-10-20)16-3-2-8-19-16/h4-5,11,13,16,19H,2-3,6-10H2,1H3. The third-order valence-corrected chi connectivity index (χ3v) is 5.41. The Morgan fingerprint density at radius 1 is 1.29 bits per heavy atom. The zero-order chi connectivity index (χ0) is 14.8. The van der Waals surface area contributed by atoms with Crippen LogP contribution in [0.2, 0.25) is 0 Å². The number of aryl methyl sites for hydroxylation is 1. The van der Waals surface area contributed by atoms with Crippen molar-refractivity contribution in [1.82, 2.24) is 10.2 Å². The number of carbonyl (C=O) groups is 1. The minimum atomic E-state index is 0.192. The predicted molar refractivity (Wildman–Crippen MR) is 88.5 cm³/mol. The van der Waals surface area contributed by atoms with Gasteiger partial charge in [0.15, 0.2) is 0 Å². The van der Waals surface area contributed by atoms with Gasteiger partial charge in [-0.1, -0.05) is 15.9 Å². The molecular formula is C17H23BrN2O. The molecule has 1 amide bonds. The fourth-order valence-corrected chi connectivity index (χ4v) is 4.13. The van der Waals surface area contributed by atoms with E-state index in [0.717, 1.165) is 47.4 Å². The first kappa shape index (κ1) is 15.0. The zero-order valence-corrected chi connectivity index (χ0v) is 14.2. The summed E-state index contributed by atoms with van der Waals surface area (Å²) in [5, 5.41) is 3.61. The van der Waals surface area contributed by atoms with Crippen LogP contribution < -0.4 is 5.32 Å². The van der Waals surface area contributed by atoms with E-state index in [1.54, 1.807) is 0 Å². The molecule has 1 aromatic carbocycles. The molecule has 2 saturated heterocycles. The highest BCUT2D eigenvalue weighted by Gasteiger charge is 2.30. The molecule has 2 aliphatic rings. The van der Waals surface area contributed by atoms with E-state index < -0.39 is 0 Å². The molecule has 21 heavy (non-hydrogen) atoms. The molecular weight excluding hydrogens is 328 g/mol. The van der Waals surface area contributed by atoms with Gasteiger partial charge in [0.1, 0.15) is 0 Å². The molecule has 0 aliphatic carbocycles. The summed E-state index contributed by atoms with van der Waals surface area (Å²) >= 11 is 3.46. The van der Waals surface area contributed by atoms with Crippen molar-refractivity contribution in [2.24, 2.45) is 5.92 Å². The summed E-state index contributed by atoms with van der Waals surface area (Å²) in [6.07, 6.45) is 4.89. The summed E-state index contributed by atoms with van der Waals surface area (Å²) in [5.41, 5.74) is 1.89. The molecule has 0 bridgehead atoms. The van der Waals surface area contributed by atoms with Crippen molar-refractivity contribution in [2.75, 3.05) is 19.6 Å². The van der Waals surface area contributed by atoms with Gasteiger partial charge in [-0.15, -0.1) is 0 Å². The van der Waals surface area contributed by atoms with Gasteiger partial charge in [-0.3, -0.25) is 4.79 Å². The van der Waals surface area contributed by atoms with Gasteiger partial charge < -0.3 is 10.2 Å². The van der Waals surface area contributed by atoms with E-state index in [2.05, 4.69) is 21.2 Å². The number of piperidine rings is 1. The molecule has 3 nitrogen and oxygen atoms in total. The second-order valence-corrected chi connectivity index (χ2v) is 7.21. The van der Waals surface area contributed by atoms with Crippen molar-refractivity contribution >= 4 is 21.8 Å². The van der Waals surface area contributed by atoms with E-state index in [1.807, 2.05) is 30.0 Å². The lowest BCUT2D eigenvalue weighted by atomic mass is 9.88. The van der Waals surface area contributed by atoms with Crippen molar-refractivity contribution in [3.8, 4) is 0 Å². The second kappa shape index (κ2) is 6.49. The molecule has 0 radical (unpaired) electrons. The lowest BCUT2D eigenvalue weighted by Crippen LogP contribution is -2.43. The molecule has 114 valence electrons. The Bertz CT molecular complexity index is 518. The number of hydrogen-bond donors (Lipinski definition) is 1. The second-order valence-electron chi connectivity index (χ2n) is 6.29. The van der Waals surface area contributed by atoms with E-state index in [1.165, 1.54) is 19.4 Å². The van der Waals surface area contributed by atoms with Crippen LogP contribution in [0.4, 0.5) is 0 Å². The maximum atomic E-state index is 12.7. The van der Waals surface area contributed by atoms with Crippen LogP contribution in [0.3, 0.4) is 0 Å². The molecule has 4 heteroatoms. The summed E-state index contributed by atoms with van der Waals surface area (Å²) in [7, 11) is 0. The number of carbonyl (C=O) groups excluding carboxylic acids is 1. The lowest BCUT2D eigenvalue weighted by molar-refractivity contribution is 0.0673. The summed E-state index contributed by atoms with van der Waals surface area (Å²) in [6.45, 7) is 4.98. The van der Waals surface area contributed by atoms with E-state index in [-0.39, 0.29) is 5.91 Å². The average molecular weight is 351 g/mol. The molecule has 3 rings (SSSR count). The number of halogens is 1. The van der Waals surface area contributed by atoms with Gasteiger partial charge in [-0.05, 0) is 68.8 Å². The summed E-state index contributed by atoms with van der Waals surface area (Å²) < 4.78 is 1.03. The topological polar surface area (TPSA) is 32.3 Å². The fourth-order valence-electron chi connectivity index (χ4n) is 3.66. The van der Waals surface area contributed by atoms with Gasteiger partial charge in [0.05, 0.1) is 0 Å². The highest BCUT2D eigenvalue weighted by molar-refractivity contribution is 9.10. The van der Waals surface area contributed by atoms with Gasteiger partial charge >= 0.3 is 0 Å². The third-order valence-electron chi connectivity index (χ3n) is 4.91. The smallest absolute Gasteiger partial charge is 0.254 e. The Hall–Kier alpha value is -0.870. The number of amides is 1. The van der Waals surface area contributed by atoms with Crippen LogP contribution in [-0.2, 0) is 0 Å². The molecule has 1 unspecified atom stereocenters. The number of hydrogen-bond acceptors (Lipinski definition) is 2. The van der Waals surface area contributed by atoms with Crippen LogP contribution in [0.15, 0.2) is 22.7 Å². The molecule has 1 N–H and O–H groups in total. The Morgan fingerprint density at radius 3 is 2.67 bits per heavy atom. The largest absolute Gasteiger partial charge is 0.339 e. The zero-order valence-electron chi connectivity index (χ0n) is 12.6. The molecule has 0 aromatic heterocycles. The first-order chi connectivity index (χ1) is 10.1. The first-order valence-electron chi connectivity index (χ1n) is 7.94. The maximum Gasteiger partial charge on any atom is 0.254 e. The summed E-state index contributed by atoms with van der Waals surface area (Å²) in [4.78, 5) is 14.7. The van der Waals surface area contributed by atoms with Crippen LogP contribution in [-0.4, -0.2) is 36.5 Å². The molecule has 1 aromatic rings. The monoisotopic (exact) mass is 350 g/mol. The minimum Gasteiger partial charge on any atom is -0.339 e. The van der Waals surface area contributed by atoms with Crippen molar-refractivity contribution in [3.63, 3.8) is 0 Å². The van der Waals surface area contributed by atoms with Gasteiger partial charge in [0.2, 0.25) is 0 Å². The minimum absolute atomic E-state index is 0.192. The lowest BCUT2D eigenvalue weighted by Gasteiger charge is -2.35. The van der Waals surface area contributed by atoms with Gasteiger partial charge in [0, 0.05) is 29.2 Å². The molecule has 0 spiro atoms. The Kier molecular flexibility index (Phi) is 4.65. The van der Waals surface area contributed by atoms with E-state index in [9.17, 15) is 4.79 Å². The third kappa shape index (κ3) is 3.32. The van der Waals surface area contributed by atoms with Crippen LogP contribution in [0, 0.1) is 12.8 Å². The van der Waals surface area contributed by atoms with E-state index in [0.29, 0.717) is 6.04 Å². The van der Waals surface area contributed by atoms with Crippen molar-refractivity contribution in [1.29, 1.82) is 0 Å². The number of nitrogens with one attached hydrogen (secondary N) is 1. The van der Waals surface area contributed by atoms with Crippen LogP contribution >= 0.6 is 15.9 Å². The van der Waals surface area contributed by atoms with Crippen LogP contribution in [0.1, 0.15) is 41.6 Å². The molecule has 2 fully saturated rings. The van der Waals surface area contributed by atoms with E-state index in [4.69, 9.17) is 0 Å². The number of rotatable bonds is 2. The van der Waals surface area contributed by atoms with Gasteiger partial charge in [-0.25, -0.2) is 0 Å². The molecule has 2 heterocycles. The van der Waals surface area contributed by atoms with Gasteiger partial charge in [0.25, 0.3) is 5.91 Å². The summed E-state index contributed by atoms with van der Waals surface area (Å²) in [5.74, 6) is 0.945. The predicted octanol–water partition coefficient (Wildman–Crippen LogP) is 3.36. The van der Waals surface area contributed by atoms with E-state index >= 15 is 0 Å². The Morgan fingerprint density at radius 2 is 2.05 bits per heavy atom. The first-order valence-corrected chi connectivity index (χ1v) is 8.73. The fraction of sp³-hybridized carbons (Fsp3) is 0.588. The normalized spacial score (nSPS) is 23.5. The van der Waals surface area contributed by atoms with Crippen molar-refractivity contribution < 1.29 is 4.79 Å². The average Bonchev–Trinajstić information content (AvgIpc) is 3.01. The Labute approximate surface area is 135 Å². The number of likely N-dealkylation sites (tertiary alicyclic amines) is 1. The highest BCUT2D eigenvalue weighted by atomic mass is 79.9. The SMILES string of the molecule is Cc1cc(Br)ccc1C(=O)N1CCC(C2CCCN2)CC1. The van der Waals surface area contributed by atoms with Crippen LogP contribution in [0.25, 0.3) is 0 Å². The highest BCUT2D eigenvalue weighted by Crippen LogP contribution is 2.27. The number of nitrogens with zero attached hydrogens (tertiary/aromatic N) is 1. The quantitative estimate of drug-likeness (QED) is 0.886. The Balaban J connectivity index is 1.62. The maximum absolute atomic E-state index is 12.7. The van der Waals surface area contributed by atoms with Crippen molar-refractivity contribution in [3.05, 3.63) is 33.8 Å². The number of benzene rings is 1. The molecule has 1 atom stereocenters. The summed E-state index contributed by atoms with van der Waals surface area (Å²) in [6, 6.07) is 6.60. The molecule has 2 aliphatic heterocycles. The van der Waals surface area contributed by atoms with Crippen molar-refractivity contribution in [2.45, 2.75) is 38.6 Å². The van der Waals surface area contributed by atoms with Gasteiger partial charge in [-0.2, -0.15) is 0 Å².